The Balaban J connectivity index is 0.000000149. The maximum absolute atomic E-state index is 13.0. The number of ketones is 4. The molecule has 4 N–H and O–H groups in total. The highest BCUT2D eigenvalue weighted by molar-refractivity contribution is 7.90. The van der Waals surface area contributed by atoms with Crippen LogP contribution in [0.3, 0.4) is 0 Å². The van der Waals surface area contributed by atoms with E-state index in [1.165, 1.54) is 65.1 Å². The van der Waals surface area contributed by atoms with E-state index in [2.05, 4.69) is 20.1 Å². The van der Waals surface area contributed by atoms with Crippen LogP contribution < -0.4 is 20.1 Å². The van der Waals surface area contributed by atoms with E-state index in [-0.39, 0.29) is 128 Å². The number of rotatable bonds is 34. The molecule has 32 heteroatoms. The Bertz CT molecular complexity index is 6280. The number of carbonyl (C=O) groups excluding carboxylic acids is 6. The van der Waals surface area contributed by atoms with Crippen LogP contribution in [-0.2, 0) is 144 Å². The standard InChI is InChI=1S/C26H24F3NO2S.C25H22F3NO2S.2C24H22F3NO3S2/c1-16(30-25(32)18-5-6-18)19-7-8-24(20-9-10-33-15-20)21(13-19)14-23(31)12-17-3-2-4-22(11-17)26(27,28)29;26-25(27,28)21-3-1-2-16(11-21)12-22(30)13-20-10-17(14-29-24(31)18-5-6-18)4-7-23(20)19-8-9-32-15-19;25-24(26,27)20-3-1-2-16(11-20)12-22(29)13-19-10-17(15-33(30,31)28-21-5-6-21)4-7-23(19)18-8-9-32-14-18;25-24(26,27)20-3-1-2-16(11-20)12-21(29)13-19-10-17(14-28-33(30,31)22-5-6-22)4-7-23(19)18-8-9-32-15-18/h2-4,7-11,13,15-16,18H,5-6,12,14H2,1H3,(H,30,32);1-4,7-11,15,18H,5-6,12-14H2,(H,29,31);1-4,7-11,14,21,28H,5-6,12-13,15H2;1-4,7-11,15,22,28H,5-6,12-14H2. The van der Waals surface area contributed by atoms with Gasteiger partial charge in [-0.05, 0) is 261 Å². The van der Waals surface area contributed by atoms with Gasteiger partial charge in [-0.25, -0.2) is 26.3 Å². The summed E-state index contributed by atoms with van der Waals surface area (Å²) >= 11 is 6.11. The molecule has 16 rings (SSSR count). The molecule has 4 fully saturated rings. The van der Waals surface area contributed by atoms with E-state index in [0.29, 0.717) is 58.3 Å². The molecular formula is C99H90F12N4O10S6. The zero-order chi connectivity index (χ0) is 93.6. The Labute approximate surface area is 766 Å². The van der Waals surface area contributed by atoms with Gasteiger partial charge in [0.2, 0.25) is 31.9 Å². The highest BCUT2D eigenvalue weighted by Gasteiger charge is 2.38. The van der Waals surface area contributed by atoms with Gasteiger partial charge < -0.3 is 10.6 Å². The van der Waals surface area contributed by atoms with Crippen LogP contribution in [0, 0.1) is 11.8 Å². The molecule has 0 radical (unpaired) electrons. The van der Waals surface area contributed by atoms with Gasteiger partial charge in [0, 0.05) is 82.3 Å². The molecule has 0 aliphatic heterocycles. The first-order valence-corrected chi connectivity index (χ1v) is 49.0. The molecule has 4 aliphatic rings. The van der Waals surface area contributed by atoms with Gasteiger partial charge in [-0.2, -0.15) is 98.0 Å². The minimum Gasteiger partial charge on any atom is -0.352 e. The van der Waals surface area contributed by atoms with E-state index < -0.39 is 67.0 Å². The lowest BCUT2D eigenvalue weighted by Crippen LogP contribution is -2.28. The number of halogens is 12. The molecule has 12 aromatic rings. The molecule has 4 heterocycles. The van der Waals surface area contributed by atoms with Crippen LogP contribution >= 0.6 is 45.3 Å². The van der Waals surface area contributed by atoms with E-state index in [0.717, 1.165) is 159 Å². The van der Waals surface area contributed by atoms with Gasteiger partial charge in [0.25, 0.3) is 0 Å². The molecule has 8 aromatic carbocycles. The van der Waals surface area contributed by atoms with Crippen LogP contribution in [0.25, 0.3) is 44.5 Å². The van der Waals surface area contributed by atoms with Crippen molar-refractivity contribution in [2.45, 2.75) is 171 Å². The lowest BCUT2D eigenvalue weighted by molar-refractivity contribution is -0.138. The van der Waals surface area contributed by atoms with Crippen LogP contribution in [-0.4, -0.2) is 63.1 Å². The van der Waals surface area contributed by atoms with Crippen molar-refractivity contribution in [2.24, 2.45) is 11.8 Å². The smallest absolute Gasteiger partial charge is 0.352 e. The quantitative estimate of drug-likeness (QED) is 0.0280. The van der Waals surface area contributed by atoms with Gasteiger partial charge in [-0.15, -0.1) is 0 Å². The fourth-order valence-electron chi connectivity index (χ4n) is 14.8. The molecule has 14 nitrogen and oxygen atoms in total. The Morgan fingerprint density at radius 2 is 0.687 bits per heavy atom. The van der Waals surface area contributed by atoms with E-state index in [1.807, 2.05) is 123 Å². The van der Waals surface area contributed by atoms with Crippen LogP contribution in [0.15, 0.2) is 237 Å². The zero-order valence-corrected chi connectivity index (χ0v) is 75.4. The fourth-order valence-corrected chi connectivity index (χ4v) is 20.2. The van der Waals surface area contributed by atoms with Crippen molar-refractivity contribution in [2.75, 3.05) is 0 Å². The number of carbonyl (C=O) groups is 6. The van der Waals surface area contributed by atoms with Crippen molar-refractivity contribution >= 4 is 100 Å². The topological polar surface area (TPSA) is 219 Å². The van der Waals surface area contributed by atoms with Crippen molar-refractivity contribution in [3.8, 4) is 44.5 Å². The molecule has 4 aromatic heterocycles. The van der Waals surface area contributed by atoms with E-state index in [9.17, 15) is 98.3 Å². The molecule has 1 atom stereocenters. The Kier molecular flexibility index (Phi) is 31.9. The summed E-state index contributed by atoms with van der Waals surface area (Å²) in [6.45, 7) is 2.42. The first-order valence-electron chi connectivity index (χ1n) is 42.1. The number of hydrogen-bond acceptors (Lipinski definition) is 14. The van der Waals surface area contributed by atoms with Crippen LogP contribution in [0.1, 0.15) is 153 Å². The average molecular weight is 1920 g/mol. The first kappa shape index (κ1) is 97.7. The van der Waals surface area contributed by atoms with Gasteiger partial charge in [-0.3, -0.25) is 28.8 Å². The fraction of sp³-hybridized carbons (Fsp3) is 0.293. The summed E-state index contributed by atoms with van der Waals surface area (Å²) in [6.07, 6.45) is -11.3. The third-order valence-corrected chi connectivity index (χ3v) is 28.1. The SMILES string of the molecule is CC(NC(=O)C1CC1)c1ccc(-c2ccsc2)c(CC(=O)Cc2cccc(C(F)(F)F)c2)c1.O=C(Cc1cccc(C(F)(F)F)c1)Cc1cc(CNC(=O)C2CC2)ccc1-c1ccsc1.O=C(Cc1cccc(C(F)(F)F)c1)Cc1cc(CNS(=O)(=O)C2CC2)ccc1-c1ccsc1.O=C(Cc1cccc(C(F)(F)F)c1)Cc1cc(CS(=O)(=O)NC2CC2)ccc1-c1ccsc1. The summed E-state index contributed by atoms with van der Waals surface area (Å²) in [6, 6.07) is 49.3. The molecule has 0 spiro atoms. The molecule has 2 amide bonds. The van der Waals surface area contributed by atoms with Crippen LogP contribution in [0.2, 0.25) is 0 Å². The number of thiophene rings is 4. The Morgan fingerprint density at radius 1 is 0.359 bits per heavy atom. The second kappa shape index (κ2) is 42.8. The summed E-state index contributed by atoms with van der Waals surface area (Å²) in [5, 5.41) is 21.2. The normalized spacial score (nSPS) is 14.3. The summed E-state index contributed by atoms with van der Waals surface area (Å²) in [5.74, 6) is -0.677. The summed E-state index contributed by atoms with van der Waals surface area (Å²) in [4.78, 5) is 75.4. The number of benzene rings is 8. The molecule has 686 valence electrons. The maximum atomic E-state index is 13.0. The monoisotopic (exact) mass is 1910 g/mol. The highest BCUT2D eigenvalue weighted by atomic mass is 32.2. The molecule has 0 saturated heterocycles. The van der Waals surface area contributed by atoms with Gasteiger partial charge in [0.15, 0.2) is 0 Å². The van der Waals surface area contributed by atoms with Crippen molar-refractivity contribution in [1.29, 1.82) is 0 Å². The van der Waals surface area contributed by atoms with Crippen molar-refractivity contribution in [1.82, 2.24) is 20.1 Å². The number of amides is 2. The second-order valence-electron chi connectivity index (χ2n) is 33.0. The number of Topliss-reactive ketones (excluding diaryl/α,β-unsaturated/α-hetero) is 4. The summed E-state index contributed by atoms with van der Waals surface area (Å²) in [5.41, 5.74) is 11.6. The minimum absolute atomic E-state index is 0.00795. The van der Waals surface area contributed by atoms with Gasteiger partial charge >= 0.3 is 24.7 Å². The summed E-state index contributed by atoms with van der Waals surface area (Å²) < 4.78 is 210. The lowest BCUT2D eigenvalue weighted by Gasteiger charge is -2.17. The van der Waals surface area contributed by atoms with Crippen LogP contribution in [0.5, 0.6) is 0 Å². The van der Waals surface area contributed by atoms with E-state index in [4.69, 9.17) is 0 Å². The molecular weight excluding hydrogens is 1830 g/mol. The summed E-state index contributed by atoms with van der Waals surface area (Å²) in [7, 11) is -6.83. The average Bonchev–Trinajstić information content (AvgIpc) is 1.78. The number of hydrogen-bond donors (Lipinski definition) is 4. The predicted molar refractivity (Wildman–Crippen MR) is 486 cm³/mol. The molecule has 131 heavy (non-hydrogen) atoms. The molecule has 0 bridgehead atoms. The largest absolute Gasteiger partial charge is 0.416 e. The van der Waals surface area contributed by atoms with E-state index >= 15 is 0 Å². The van der Waals surface area contributed by atoms with Crippen molar-refractivity contribution in [3.63, 3.8) is 0 Å². The maximum Gasteiger partial charge on any atom is 0.416 e. The first-order chi connectivity index (χ1) is 62.2. The van der Waals surface area contributed by atoms with Gasteiger partial charge in [-0.1, -0.05) is 146 Å². The third-order valence-electron chi connectivity index (χ3n) is 22.1. The number of sulfonamides is 2. The number of nitrogens with one attached hydrogen (secondary N) is 4. The molecule has 4 saturated carbocycles. The lowest BCUT2D eigenvalue weighted by atomic mass is 9.92. The molecule has 4 aliphatic carbocycles. The van der Waals surface area contributed by atoms with Crippen molar-refractivity contribution in [3.05, 3.63) is 326 Å². The molecule has 1 unspecified atom stereocenters. The van der Waals surface area contributed by atoms with Crippen molar-refractivity contribution < 1.29 is 98.3 Å². The minimum atomic E-state index is -4.47. The predicted octanol–water partition coefficient (Wildman–Crippen LogP) is 22.9. The van der Waals surface area contributed by atoms with Gasteiger partial charge in [0.1, 0.15) is 23.1 Å². The second-order valence-corrected chi connectivity index (χ2v) is 39.9. The zero-order valence-electron chi connectivity index (χ0n) is 70.5. The third kappa shape index (κ3) is 29.3. The Morgan fingerprint density at radius 3 is 1.02 bits per heavy atom. The Hall–Kier alpha value is -10.8. The highest BCUT2D eigenvalue weighted by Crippen LogP contribution is 2.40. The number of alkyl halides is 12. The van der Waals surface area contributed by atoms with Crippen LogP contribution in [0.4, 0.5) is 52.7 Å². The van der Waals surface area contributed by atoms with Gasteiger partial charge in [0.05, 0.1) is 39.3 Å². The van der Waals surface area contributed by atoms with E-state index in [1.54, 1.807) is 53.0 Å².